The summed E-state index contributed by atoms with van der Waals surface area (Å²) < 4.78 is 0. The first-order valence-electron chi connectivity index (χ1n) is 8.81. The van der Waals surface area contributed by atoms with Gasteiger partial charge in [-0.15, -0.1) is 0 Å². The van der Waals surface area contributed by atoms with Gasteiger partial charge in [-0.1, -0.05) is 51.3 Å². The Hall–Kier alpha value is -1.02. The van der Waals surface area contributed by atoms with Gasteiger partial charge in [-0.3, -0.25) is 0 Å². The smallest absolute Gasteiger partial charge is 0.0366 e. The van der Waals surface area contributed by atoms with Crippen molar-refractivity contribution < 1.29 is 0 Å². The predicted octanol–water partition coefficient (Wildman–Crippen LogP) is 4.84. The van der Waals surface area contributed by atoms with Crippen molar-refractivity contribution in [3.8, 4) is 0 Å². The van der Waals surface area contributed by atoms with Crippen LogP contribution in [-0.2, 0) is 0 Å². The van der Waals surface area contributed by atoms with Crippen LogP contribution in [0.5, 0.6) is 0 Å². The molecule has 2 heteroatoms. The number of para-hydroxylation sites is 1. The molecule has 0 spiro atoms. The van der Waals surface area contributed by atoms with E-state index in [9.17, 15) is 0 Å². The zero-order valence-electron chi connectivity index (χ0n) is 14.1. The fourth-order valence-corrected chi connectivity index (χ4v) is 3.01. The molecule has 0 heterocycles. The van der Waals surface area contributed by atoms with Gasteiger partial charge in [-0.05, 0) is 50.3 Å². The Labute approximate surface area is 131 Å². The third-order valence-corrected chi connectivity index (χ3v) is 4.22. The van der Waals surface area contributed by atoms with Gasteiger partial charge in [0.25, 0.3) is 0 Å². The predicted molar refractivity (Wildman–Crippen MR) is 94.9 cm³/mol. The van der Waals surface area contributed by atoms with Gasteiger partial charge >= 0.3 is 0 Å². The summed E-state index contributed by atoms with van der Waals surface area (Å²) in [5, 5.41) is 0. The Morgan fingerprint density at radius 2 is 1.62 bits per heavy atom. The van der Waals surface area contributed by atoms with E-state index in [-0.39, 0.29) is 0 Å². The maximum absolute atomic E-state index is 5.74. The molecule has 1 aromatic rings. The average molecular weight is 290 g/mol. The Kier molecular flexibility index (Phi) is 9.98. The SMILES string of the molecule is CCCCN(CCCC(CCC)CCN)c1ccccc1. The van der Waals surface area contributed by atoms with Crippen LogP contribution in [0.1, 0.15) is 58.8 Å². The second-order valence-corrected chi connectivity index (χ2v) is 6.05. The van der Waals surface area contributed by atoms with E-state index in [0.29, 0.717) is 0 Å². The normalized spacial score (nSPS) is 12.3. The maximum atomic E-state index is 5.74. The van der Waals surface area contributed by atoms with E-state index >= 15 is 0 Å². The number of nitrogens with two attached hydrogens (primary N) is 1. The highest BCUT2D eigenvalue weighted by Crippen LogP contribution is 2.20. The number of benzene rings is 1. The van der Waals surface area contributed by atoms with Gasteiger partial charge < -0.3 is 10.6 Å². The monoisotopic (exact) mass is 290 g/mol. The standard InChI is InChI=1S/C19H34N2/c1-3-5-16-21(19-12-7-6-8-13-19)17-9-11-18(10-4-2)14-15-20/h6-8,12-13,18H,3-5,9-11,14-17,20H2,1-2H3. The van der Waals surface area contributed by atoms with Crippen LogP contribution in [0.15, 0.2) is 30.3 Å². The van der Waals surface area contributed by atoms with Gasteiger partial charge in [0.2, 0.25) is 0 Å². The van der Waals surface area contributed by atoms with Gasteiger partial charge in [0, 0.05) is 18.8 Å². The zero-order chi connectivity index (χ0) is 15.3. The summed E-state index contributed by atoms with van der Waals surface area (Å²) in [6.07, 6.45) is 8.93. The fourth-order valence-electron chi connectivity index (χ4n) is 3.01. The lowest BCUT2D eigenvalue weighted by Gasteiger charge is -2.26. The summed E-state index contributed by atoms with van der Waals surface area (Å²) in [6.45, 7) is 7.73. The fraction of sp³-hybridized carbons (Fsp3) is 0.684. The quantitative estimate of drug-likeness (QED) is 0.597. The Bertz CT molecular complexity index is 331. The van der Waals surface area contributed by atoms with E-state index in [2.05, 4.69) is 49.1 Å². The molecule has 2 N–H and O–H groups in total. The van der Waals surface area contributed by atoms with Gasteiger partial charge in [0.05, 0.1) is 0 Å². The molecule has 0 aliphatic heterocycles. The van der Waals surface area contributed by atoms with Crippen molar-refractivity contribution in [3.63, 3.8) is 0 Å². The summed E-state index contributed by atoms with van der Waals surface area (Å²) in [7, 11) is 0. The van der Waals surface area contributed by atoms with Crippen LogP contribution >= 0.6 is 0 Å². The van der Waals surface area contributed by atoms with Crippen molar-refractivity contribution >= 4 is 5.69 Å². The molecule has 0 radical (unpaired) electrons. The minimum absolute atomic E-state index is 0.823. The van der Waals surface area contributed by atoms with Gasteiger partial charge in [-0.25, -0.2) is 0 Å². The highest BCUT2D eigenvalue weighted by atomic mass is 15.1. The molecule has 0 fully saturated rings. The van der Waals surface area contributed by atoms with Gasteiger partial charge in [0.15, 0.2) is 0 Å². The molecule has 0 saturated heterocycles. The second kappa shape index (κ2) is 11.6. The summed E-state index contributed by atoms with van der Waals surface area (Å²) >= 11 is 0. The van der Waals surface area contributed by atoms with Gasteiger partial charge in [0.1, 0.15) is 0 Å². The molecule has 21 heavy (non-hydrogen) atoms. The first kappa shape index (κ1) is 18.0. The van der Waals surface area contributed by atoms with E-state index in [0.717, 1.165) is 12.5 Å². The molecule has 1 rings (SSSR count). The molecule has 1 atom stereocenters. The number of hydrogen-bond acceptors (Lipinski definition) is 2. The van der Waals surface area contributed by atoms with Crippen molar-refractivity contribution in [2.24, 2.45) is 11.7 Å². The molecule has 2 nitrogen and oxygen atoms in total. The minimum Gasteiger partial charge on any atom is -0.372 e. The molecule has 0 aromatic heterocycles. The van der Waals surface area contributed by atoms with Crippen LogP contribution in [0.25, 0.3) is 0 Å². The minimum atomic E-state index is 0.823. The second-order valence-electron chi connectivity index (χ2n) is 6.05. The maximum Gasteiger partial charge on any atom is 0.0366 e. The number of nitrogens with zero attached hydrogens (tertiary/aromatic N) is 1. The van der Waals surface area contributed by atoms with Crippen LogP contribution < -0.4 is 10.6 Å². The van der Waals surface area contributed by atoms with Crippen molar-refractivity contribution in [2.45, 2.75) is 58.8 Å². The molecular weight excluding hydrogens is 256 g/mol. The third kappa shape index (κ3) is 7.52. The molecule has 1 unspecified atom stereocenters. The van der Waals surface area contributed by atoms with E-state index in [1.165, 1.54) is 63.7 Å². The van der Waals surface area contributed by atoms with E-state index in [1.54, 1.807) is 0 Å². The molecular formula is C19H34N2. The van der Waals surface area contributed by atoms with Crippen LogP contribution in [0.4, 0.5) is 5.69 Å². The molecule has 0 aliphatic rings. The molecule has 0 saturated carbocycles. The third-order valence-electron chi connectivity index (χ3n) is 4.22. The van der Waals surface area contributed by atoms with Crippen LogP contribution in [0, 0.1) is 5.92 Å². The summed E-state index contributed by atoms with van der Waals surface area (Å²) in [5.74, 6) is 0.823. The van der Waals surface area contributed by atoms with Crippen molar-refractivity contribution in [3.05, 3.63) is 30.3 Å². The van der Waals surface area contributed by atoms with E-state index < -0.39 is 0 Å². The number of hydrogen-bond donors (Lipinski definition) is 1. The first-order valence-corrected chi connectivity index (χ1v) is 8.81. The number of rotatable bonds is 12. The first-order chi connectivity index (χ1) is 10.3. The lowest BCUT2D eigenvalue weighted by molar-refractivity contribution is 0.409. The lowest BCUT2D eigenvalue weighted by atomic mass is 9.94. The molecule has 1 aromatic carbocycles. The van der Waals surface area contributed by atoms with Crippen LogP contribution in [0.3, 0.4) is 0 Å². The summed E-state index contributed by atoms with van der Waals surface area (Å²) in [5.41, 5.74) is 7.11. The Morgan fingerprint density at radius 3 is 2.24 bits per heavy atom. The topological polar surface area (TPSA) is 29.3 Å². The molecule has 120 valence electrons. The van der Waals surface area contributed by atoms with Gasteiger partial charge in [-0.2, -0.15) is 0 Å². The number of unbranched alkanes of at least 4 members (excludes halogenated alkanes) is 1. The summed E-state index contributed by atoms with van der Waals surface area (Å²) in [6, 6.07) is 10.9. The van der Waals surface area contributed by atoms with Crippen molar-refractivity contribution in [1.29, 1.82) is 0 Å². The molecule has 0 aliphatic carbocycles. The van der Waals surface area contributed by atoms with Crippen molar-refractivity contribution in [1.82, 2.24) is 0 Å². The highest BCUT2D eigenvalue weighted by molar-refractivity contribution is 5.45. The Morgan fingerprint density at radius 1 is 0.905 bits per heavy atom. The van der Waals surface area contributed by atoms with E-state index in [1.807, 2.05) is 0 Å². The lowest BCUT2D eigenvalue weighted by Crippen LogP contribution is -2.26. The molecule has 0 amide bonds. The Balaban J connectivity index is 2.45. The van der Waals surface area contributed by atoms with E-state index in [4.69, 9.17) is 5.73 Å². The summed E-state index contributed by atoms with van der Waals surface area (Å²) in [4.78, 5) is 2.55. The highest BCUT2D eigenvalue weighted by Gasteiger charge is 2.09. The van der Waals surface area contributed by atoms with Crippen molar-refractivity contribution in [2.75, 3.05) is 24.5 Å². The van der Waals surface area contributed by atoms with Crippen LogP contribution in [0.2, 0.25) is 0 Å². The zero-order valence-corrected chi connectivity index (χ0v) is 14.1. The number of anilines is 1. The molecule has 0 bridgehead atoms. The largest absolute Gasteiger partial charge is 0.372 e. The average Bonchev–Trinajstić information content (AvgIpc) is 2.52. The van der Waals surface area contributed by atoms with Crippen LogP contribution in [-0.4, -0.2) is 19.6 Å².